The summed E-state index contributed by atoms with van der Waals surface area (Å²) in [6, 6.07) is 4.62. The Morgan fingerprint density at radius 2 is 2.33 bits per heavy atom. The van der Waals surface area contributed by atoms with Crippen molar-refractivity contribution >= 4 is 0 Å². The third kappa shape index (κ3) is 3.66. The quantitative estimate of drug-likeness (QED) is 0.705. The zero-order chi connectivity index (χ0) is 12.8. The van der Waals surface area contributed by atoms with Gasteiger partial charge in [-0.3, -0.25) is 0 Å². The molecular formula is C13H18FNO3. The molecule has 0 radical (unpaired) electrons. The van der Waals surface area contributed by atoms with Crippen LogP contribution >= 0.6 is 0 Å². The van der Waals surface area contributed by atoms with Crippen molar-refractivity contribution in [2.24, 2.45) is 0 Å². The summed E-state index contributed by atoms with van der Waals surface area (Å²) in [6.45, 7) is 2.40. The smallest absolute Gasteiger partial charge is 0.123 e. The molecule has 0 bridgehead atoms. The summed E-state index contributed by atoms with van der Waals surface area (Å²) in [7, 11) is 0. The number of hydrogen-bond donors (Lipinski definition) is 2. The molecule has 4 nitrogen and oxygen atoms in total. The second kappa shape index (κ2) is 6.68. The first-order valence-corrected chi connectivity index (χ1v) is 6.14. The predicted octanol–water partition coefficient (Wildman–Crippen LogP) is 0.728. The molecule has 5 heteroatoms. The van der Waals surface area contributed by atoms with Crippen LogP contribution in [0.4, 0.5) is 4.39 Å². The molecule has 1 atom stereocenters. The van der Waals surface area contributed by atoms with Crippen LogP contribution in [0.25, 0.3) is 0 Å². The fourth-order valence-corrected chi connectivity index (χ4v) is 1.98. The Bertz CT molecular complexity index is 386. The van der Waals surface area contributed by atoms with Gasteiger partial charge in [-0.05, 0) is 18.2 Å². The maximum absolute atomic E-state index is 13.0. The van der Waals surface area contributed by atoms with Crippen molar-refractivity contribution in [2.75, 3.05) is 32.9 Å². The second-order valence-electron chi connectivity index (χ2n) is 4.24. The molecule has 1 heterocycles. The van der Waals surface area contributed by atoms with Crippen molar-refractivity contribution in [1.82, 2.24) is 5.32 Å². The van der Waals surface area contributed by atoms with Crippen LogP contribution < -0.4 is 10.1 Å². The Morgan fingerprint density at radius 3 is 3.17 bits per heavy atom. The average Bonchev–Trinajstić information content (AvgIpc) is 2.75. The van der Waals surface area contributed by atoms with Gasteiger partial charge in [-0.1, -0.05) is 0 Å². The molecule has 1 aromatic rings. The molecule has 0 aliphatic carbocycles. The number of benzene rings is 1. The van der Waals surface area contributed by atoms with Crippen molar-refractivity contribution in [1.29, 1.82) is 0 Å². The van der Waals surface area contributed by atoms with Gasteiger partial charge >= 0.3 is 0 Å². The molecule has 1 aliphatic rings. The van der Waals surface area contributed by atoms with Crippen LogP contribution in [-0.4, -0.2) is 44.1 Å². The molecule has 1 unspecified atom stereocenters. The van der Waals surface area contributed by atoms with Crippen LogP contribution in [0, 0.1) is 5.82 Å². The maximum atomic E-state index is 13.0. The summed E-state index contributed by atoms with van der Waals surface area (Å²) >= 11 is 0. The number of nitrogens with one attached hydrogen (secondary N) is 1. The first-order chi connectivity index (χ1) is 8.79. The van der Waals surface area contributed by atoms with Gasteiger partial charge in [0.15, 0.2) is 0 Å². The van der Waals surface area contributed by atoms with Gasteiger partial charge in [0.2, 0.25) is 0 Å². The Labute approximate surface area is 106 Å². The highest BCUT2D eigenvalue weighted by Crippen LogP contribution is 2.28. The first kappa shape index (κ1) is 13.3. The maximum Gasteiger partial charge on any atom is 0.123 e. The summed E-state index contributed by atoms with van der Waals surface area (Å²) in [6.07, 6.45) is 0.789. The summed E-state index contributed by atoms with van der Waals surface area (Å²) in [5.41, 5.74) is 0.929. The van der Waals surface area contributed by atoms with E-state index in [2.05, 4.69) is 5.32 Å². The minimum absolute atomic E-state index is 0.0482. The fraction of sp³-hybridized carbons (Fsp3) is 0.538. The summed E-state index contributed by atoms with van der Waals surface area (Å²) < 4.78 is 23.8. The molecule has 2 N–H and O–H groups in total. The zero-order valence-electron chi connectivity index (χ0n) is 10.2. The van der Waals surface area contributed by atoms with Gasteiger partial charge in [0.25, 0.3) is 0 Å². The number of aliphatic hydroxyl groups is 1. The largest absolute Gasteiger partial charge is 0.488 e. The van der Waals surface area contributed by atoms with E-state index < -0.39 is 0 Å². The third-order valence-corrected chi connectivity index (χ3v) is 2.79. The minimum Gasteiger partial charge on any atom is -0.488 e. The van der Waals surface area contributed by atoms with Gasteiger partial charge in [0.05, 0.1) is 19.8 Å². The Morgan fingerprint density at radius 1 is 1.44 bits per heavy atom. The fourth-order valence-electron chi connectivity index (χ4n) is 1.98. The van der Waals surface area contributed by atoms with E-state index in [1.54, 1.807) is 6.07 Å². The van der Waals surface area contributed by atoms with E-state index in [0.717, 1.165) is 17.7 Å². The SMILES string of the molecule is OCCOCCNCC1Cc2cc(F)ccc2O1. The highest BCUT2D eigenvalue weighted by Gasteiger charge is 2.22. The number of fused-ring (bicyclic) bond motifs is 1. The summed E-state index contributed by atoms with van der Waals surface area (Å²) in [5, 5.41) is 11.7. The van der Waals surface area contributed by atoms with Crippen LogP contribution in [-0.2, 0) is 11.2 Å². The molecule has 0 amide bonds. The van der Waals surface area contributed by atoms with Crippen molar-refractivity contribution in [2.45, 2.75) is 12.5 Å². The van der Waals surface area contributed by atoms with Crippen LogP contribution in [0.15, 0.2) is 18.2 Å². The van der Waals surface area contributed by atoms with E-state index in [1.165, 1.54) is 12.1 Å². The Hall–Kier alpha value is -1.17. The summed E-state index contributed by atoms with van der Waals surface area (Å²) in [5.74, 6) is 0.558. The number of hydrogen-bond acceptors (Lipinski definition) is 4. The molecule has 1 aliphatic heterocycles. The third-order valence-electron chi connectivity index (χ3n) is 2.79. The second-order valence-corrected chi connectivity index (χ2v) is 4.24. The standard InChI is InChI=1S/C13H18FNO3/c14-11-1-2-13-10(7-11)8-12(18-13)9-15-3-5-17-6-4-16/h1-2,7,12,15-16H,3-6,8-9H2. The molecular weight excluding hydrogens is 237 g/mol. The molecule has 1 aromatic carbocycles. The van der Waals surface area contributed by atoms with E-state index in [4.69, 9.17) is 14.6 Å². The van der Waals surface area contributed by atoms with Crippen molar-refractivity contribution in [3.05, 3.63) is 29.6 Å². The van der Waals surface area contributed by atoms with Crippen LogP contribution in [0.5, 0.6) is 5.75 Å². The van der Waals surface area contributed by atoms with E-state index in [1.807, 2.05) is 0 Å². The van der Waals surface area contributed by atoms with Crippen LogP contribution in [0.1, 0.15) is 5.56 Å². The number of halogens is 1. The molecule has 0 fully saturated rings. The lowest BCUT2D eigenvalue weighted by atomic mass is 10.1. The van der Waals surface area contributed by atoms with E-state index in [9.17, 15) is 4.39 Å². The number of rotatable bonds is 7. The Balaban J connectivity index is 1.65. The molecule has 0 spiro atoms. The van der Waals surface area contributed by atoms with Crippen LogP contribution in [0.2, 0.25) is 0 Å². The lowest BCUT2D eigenvalue weighted by molar-refractivity contribution is 0.0924. The molecule has 0 aromatic heterocycles. The van der Waals surface area contributed by atoms with Crippen molar-refractivity contribution < 1.29 is 19.0 Å². The monoisotopic (exact) mass is 255 g/mol. The van der Waals surface area contributed by atoms with E-state index in [-0.39, 0.29) is 18.5 Å². The summed E-state index contributed by atoms with van der Waals surface area (Å²) in [4.78, 5) is 0. The molecule has 100 valence electrons. The zero-order valence-corrected chi connectivity index (χ0v) is 10.2. The van der Waals surface area contributed by atoms with Gasteiger partial charge in [-0.25, -0.2) is 4.39 Å². The van der Waals surface area contributed by atoms with Gasteiger partial charge in [0, 0.05) is 25.1 Å². The Kier molecular flexibility index (Phi) is 4.92. The lowest BCUT2D eigenvalue weighted by Gasteiger charge is -2.11. The van der Waals surface area contributed by atoms with Gasteiger partial charge < -0.3 is 19.9 Å². The topological polar surface area (TPSA) is 50.7 Å². The first-order valence-electron chi connectivity index (χ1n) is 6.14. The van der Waals surface area contributed by atoms with Crippen molar-refractivity contribution in [3.63, 3.8) is 0 Å². The minimum atomic E-state index is -0.219. The van der Waals surface area contributed by atoms with E-state index >= 15 is 0 Å². The number of aliphatic hydroxyl groups excluding tert-OH is 1. The molecule has 0 saturated heterocycles. The average molecular weight is 255 g/mol. The highest BCUT2D eigenvalue weighted by molar-refractivity contribution is 5.37. The van der Waals surface area contributed by atoms with E-state index in [0.29, 0.717) is 26.3 Å². The van der Waals surface area contributed by atoms with Gasteiger partial charge in [-0.15, -0.1) is 0 Å². The highest BCUT2D eigenvalue weighted by atomic mass is 19.1. The van der Waals surface area contributed by atoms with Gasteiger partial charge in [0.1, 0.15) is 17.7 Å². The molecule has 18 heavy (non-hydrogen) atoms. The molecule has 2 rings (SSSR count). The normalized spacial score (nSPS) is 17.6. The van der Waals surface area contributed by atoms with Gasteiger partial charge in [-0.2, -0.15) is 0 Å². The predicted molar refractivity (Wildman–Crippen MR) is 65.3 cm³/mol. The van der Waals surface area contributed by atoms with Crippen molar-refractivity contribution in [3.8, 4) is 5.75 Å². The number of ether oxygens (including phenoxy) is 2. The molecule has 0 saturated carbocycles. The van der Waals surface area contributed by atoms with Crippen LogP contribution in [0.3, 0.4) is 0 Å². The lowest BCUT2D eigenvalue weighted by Crippen LogP contribution is -2.32.